The van der Waals surface area contributed by atoms with Crippen LogP contribution in [0.3, 0.4) is 0 Å². The largest absolute Gasteiger partial charge is 0.372 e. The summed E-state index contributed by atoms with van der Waals surface area (Å²) >= 11 is 0. The van der Waals surface area contributed by atoms with E-state index in [1.807, 2.05) is 0 Å². The number of hydrogen-bond donors (Lipinski definition) is 1. The van der Waals surface area contributed by atoms with Crippen molar-refractivity contribution in [2.24, 2.45) is 5.73 Å². The van der Waals surface area contributed by atoms with Crippen molar-refractivity contribution >= 4 is 5.69 Å². The second-order valence-electron chi connectivity index (χ2n) is 4.99. The molecule has 1 aromatic rings. The maximum absolute atomic E-state index is 5.76. The highest BCUT2D eigenvalue weighted by molar-refractivity contribution is 5.55. The summed E-state index contributed by atoms with van der Waals surface area (Å²) in [5.41, 5.74) is 9.46. The molecule has 0 aromatic heterocycles. The van der Waals surface area contributed by atoms with E-state index in [2.05, 4.69) is 43.9 Å². The van der Waals surface area contributed by atoms with Gasteiger partial charge in [0.2, 0.25) is 0 Å². The van der Waals surface area contributed by atoms with Crippen molar-refractivity contribution in [3.63, 3.8) is 0 Å². The van der Waals surface area contributed by atoms with Crippen molar-refractivity contribution < 1.29 is 4.74 Å². The minimum atomic E-state index is 0.298. The molecule has 0 radical (unpaired) electrons. The van der Waals surface area contributed by atoms with Crippen molar-refractivity contribution in [1.29, 1.82) is 0 Å². The zero-order valence-corrected chi connectivity index (χ0v) is 10.9. The van der Waals surface area contributed by atoms with Crippen LogP contribution in [-0.2, 0) is 11.3 Å². The molecule has 17 heavy (non-hydrogen) atoms. The molecule has 2 rings (SSSR count). The Balaban J connectivity index is 2.21. The van der Waals surface area contributed by atoms with Gasteiger partial charge in [-0.05, 0) is 38.0 Å². The summed E-state index contributed by atoms with van der Waals surface area (Å²) in [6.45, 7) is 8.95. The lowest BCUT2D eigenvalue weighted by molar-refractivity contribution is -0.00524. The first-order chi connectivity index (χ1) is 8.10. The van der Waals surface area contributed by atoms with Crippen molar-refractivity contribution in [3.05, 3.63) is 29.3 Å². The first-order valence-electron chi connectivity index (χ1n) is 6.30. The molecule has 3 heteroatoms. The van der Waals surface area contributed by atoms with Gasteiger partial charge in [-0.25, -0.2) is 0 Å². The number of hydrogen-bond acceptors (Lipinski definition) is 3. The third kappa shape index (κ3) is 2.79. The molecule has 94 valence electrons. The van der Waals surface area contributed by atoms with Crippen LogP contribution >= 0.6 is 0 Å². The van der Waals surface area contributed by atoms with Crippen LogP contribution in [0.15, 0.2) is 18.2 Å². The predicted molar refractivity (Wildman–Crippen MR) is 71.3 cm³/mol. The fourth-order valence-corrected chi connectivity index (χ4v) is 2.57. The molecule has 1 fully saturated rings. The Kier molecular flexibility index (Phi) is 3.69. The Morgan fingerprint density at radius 2 is 1.94 bits per heavy atom. The van der Waals surface area contributed by atoms with Crippen molar-refractivity contribution in [3.8, 4) is 0 Å². The van der Waals surface area contributed by atoms with Gasteiger partial charge in [-0.1, -0.05) is 12.1 Å². The molecule has 0 saturated carbocycles. The fourth-order valence-electron chi connectivity index (χ4n) is 2.57. The van der Waals surface area contributed by atoms with Gasteiger partial charge in [0, 0.05) is 25.3 Å². The molecule has 1 saturated heterocycles. The Bertz CT molecular complexity index is 382. The van der Waals surface area contributed by atoms with E-state index in [-0.39, 0.29) is 0 Å². The highest BCUT2D eigenvalue weighted by Crippen LogP contribution is 2.24. The Morgan fingerprint density at radius 1 is 1.29 bits per heavy atom. The van der Waals surface area contributed by atoms with Gasteiger partial charge < -0.3 is 15.4 Å². The molecule has 0 bridgehead atoms. The van der Waals surface area contributed by atoms with Gasteiger partial charge in [0.05, 0.1) is 12.2 Å². The molecular weight excluding hydrogens is 212 g/mol. The molecule has 0 amide bonds. The summed E-state index contributed by atoms with van der Waals surface area (Å²) in [6.07, 6.45) is 0.597. The number of aryl methyl sites for hydroxylation is 1. The maximum atomic E-state index is 5.76. The highest BCUT2D eigenvalue weighted by Gasteiger charge is 2.23. The second-order valence-corrected chi connectivity index (χ2v) is 4.99. The van der Waals surface area contributed by atoms with Crippen LogP contribution in [0.4, 0.5) is 5.69 Å². The van der Waals surface area contributed by atoms with E-state index >= 15 is 0 Å². The number of ether oxygens (including phenoxy) is 1. The van der Waals surface area contributed by atoms with Gasteiger partial charge in [0.15, 0.2) is 0 Å². The van der Waals surface area contributed by atoms with Crippen molar-refractivity contribution in [2.45, 2.75) is 39.5 Å². The third-order valence-corrected chi connectivity index (χ3v) is 3.26. The first kappa shape index (κ1) is 12.4. The van der Waals surface area contributed by atoms with Crippen LogP contribution in [-0.4, -0.2) is 25.3 Å². The Hall–Kier alpha value is -1.06. The quantitative estimate of drug-likeness (QED) is 0.851. The Morgan fingerprint density at radius 3 is 2.47 bits per heavy atom. The van der Waals surface area contributed by atoms with Crippen LogP contribution in [0.2, 0.25) is 0 Å². The number of rotatable bonds is 2. The fraction of sp³-hybridized carbons (Fsp3) is 0.571. The molecule has 1 aromatic carbocycles. The van der Waals surface area contributed by atoms with Crippen LogP contribution in [0.25, 0.3) is 0 Å². The molecule has 2 N–H and O–H groups in total. The van der Waals surface area contributed by atoms with E-state index in [4.69, 9.17) is 10.5 Å². The maximum Gasteiger partial charge on any atom is 0.0726 e. The van der Waals surface area contributed by atoms with Crippen LogP contribution in [0.5, 0.6) is 0 Å². The van der Waals surface area contributed by atoms with Crippen LogP contribution in [0, 0.1) is 6.92 Å². The van der Waals surface area contributed by atoms with Gasteiger partial charge in [0.25, 0.3) is 0 Å². The van der Waals surface area contributed by atoms with Crippen molar-refractivity contribution in [1.82, 2.24) is 0 Å². The summed E-state index contributed by atoms with van der Waals surface area (Å²) in [7, 11) is 0. The van der Waals surface area contributed by atoms with E-state index in [1.165, 1.54) is 16.8 Å². The minimum Gasteiger partial charge on any atom is -0.372 e. The lowest BCUT2D eigenvalue weighted by Crippen LogP contribution is -2.45. The average molecular weight is 234 g/mol. The van der Waals surface area contributed by atoms with Crippen LogP contribution < -0.4 is 10.6 Å². The van der Waals surface area contributed by atoms with Crippen molar-refractivity contribution in [2.75, 3.05) is 18.0 Å². The van der Waals surface area contributed by atoms with Crippen LogP contribution in [0.1, 0.15) is 25.0 Å². The summed E-state index contributed by atoms with van der Waals surface area (Å²) in [5, 5.41) is 0. The summed E-state index contributed by atoms with van der Waals surface area (Å²) in [5.74, 6) is 0. The monoisotopic (exact) mass is 234 g/mol. The first-order valence-corrected chi connectivity index (χ1v) is 6.30. The summed E-state index contributed by atoms with van der Waals surface area (Å²) < 4.78 is 5.76. The molecule has 1 aliphatic heterocycles. The van der Waals surface area contributed by atoms with Gasteiger partial charge in [0.1, 0.15) is 0 Å². The minimum absolute atomic E-state index is 0.298. The zero-order valence-electron chi connectivity index (χ0n) is 10.9. The van der Waals surface area contributed by atoms with Gasteiger partial charge in [-0.15, -0.1) is 0 Å². The molecule has 2 atom stereocenters. The topological polar surface area (TPSA) is 38.5 Å². The molecule has 0 spiro atoms. The number of benzene rings is 1. The molecule has 2 unspecified atom stereocenters. The number of morpholine rings is 1. The predicted octanol–water partition coefficient (Wildman–Crippen LogP) is 2.07. The van der Waals surface area contributed by atoms with Gasteiger partial charge >= 0.3 is 0 Å². The van der Waals surface area contributed by atoms with Gasteiger partial charge in [-0.3, -0.25) is 0 Å². The van der Waals surface area contributed by atoms with Gasteiger partial charge in [-0.2, -0.15) is 0 Å². The molecule has 1 aliphatic rings. The molecule has 1 heterocycles. The van der Waals surface area contributed by atoms with E-state index in [0.29, 0.717) is 18.8 Å². The number of anilines is 1. The summed E-state index contributed by atoms with van der Waals surface area (Å²) in [4.78, 5) is 2.41. The third-order valence-electron chi connectivity index (χ3n) is 3.26. The average Bonchev–Trinajstić information content (AvgIpc) is 2.27. The lowest BCUT2D eigenvalue weighted by atomic mass is 10.1. The number of nitrogens with two attached hydrogens (primary N) is 1. The SMILES string of the molecule is Cc1cc(CN)ccc1N1CC(C)OC(C)C1. The lowest BCUT2D eigenvalue weighted by Gasteiger charge is -2.37. The zero-order chi connectivity index (χ0) is 12.4. The highest BCUT2D eigenvalue weighted by atomic mass is 16.5. The Labute approximate surface area is 104 Å². The molecule has 0 aliphatic carbocycles. The molecular formula is C14H22N2O. The number of nitrogens with zero attached hydrogens (tertiary/aromatic N) is 1. The second kappa shape index (κ2) is 5.07. The normalized spacial score (nSPS) is 25.1. The van der Waals surface area contributed by atoms with E-state index in [0.717, 1.165) is 13.1 Å². The smallest absolute Gasteiger partial charge is 0.0726 e. The standard InChI is InChI=1S/C14H22N2O/c1-10-6-13(7-15)4-5-14(10)16-8-11(2)17-12(3)9-16/h4-6,11-12H,7-9,15H2,1-3H3. The van der Waals surface area contributed by atoms with E-state index in [9.17, 15) is 0 Å². The summed E-state index contributed by atoms with van der Waals surface area (Å²) in [6, 6.07) is 6.48. The van der Waals surface area contributed by atoms with E-state index < -0.39 is 0 Å². The molecule has 3 nitrogen and oxygen atoms in total. The van der Waals surface area contributed by atoms with E-state index in [1.54, 1.807) is 0 Å².